The van der Waals surface area contributed by atoms with E-state index in [-0.39, 0.29) is 30.7 Å². The van der Waals surface area contributed by atoms with Crippen LogP contribution in [0.25, 0.3) is 11.0 Å². The molecule has 27 heavy (non-hydrogen) atoms. The first-order chi connectivity index (χ1) is 12.2. The first-order valence-electron chi connectivity index (χ1n) is 8.80. The molecule has 7 heteroatoms. The monoisotopic (exact) mass is 406 g/mol. The lowest BCUT2D eigenvalue weighted by Gasteiger charge is -2.20. The Morgan fingerprint density at radius 1 is 1.19 bits per heavy atom. The molecule has 0 fully saturated rings. The fraction of sp³-hybridized carbons (Fsp3) is 0.300. The number of hydrogen-bond acceptors (Lipinski definition) is 3. The third-order valence-corrected chi connectivity index (χ3v) is 4.81. The molecule has 2 N–H and O–H groups in total. The quantitative estimate of drug-likeness (QED) is 0.688. The molecule has 4 rings (SSSR count). The molecule has 2 aromatic carbocycles. The topological polar surface area (TPSA) is 59.0 Å². The molecular formula is C20H24Cl2N4O. The fourth-order valence-corrected chi connectivity index (χ4v) is 3.58. The number of amides is 1. The second-order valence-electron chi connectivity index (χ2n) is 6.42. The Morgan fingerprint density at radius 2 is 2.00 bits per heavy atom. The Hall–Kier alpha value is -2.24. The van der Waals surface area contributed by atoms with Crippen LogP contribution in [0, 0.1) is 6.92 Å². The number of aromatic nitrogens is 2. The van der Waals surface area contributed by atoms with E-state index in [1.54, 1.807) is 0 Å². The summed E-state index contributed by atoms with van der Waals surface area (Å²) in [6.07, 6.45) is 2.02. The second kappa shape index (κ2) is 9.11. The zero-order chi connectivity index (χ0) is 17.2. The van der Waals surface area contributed by atoms with Gasteiger partial charge in [-0.2, -0.15) is 0 Å². The van der Waals surface area contributed by atoms with Crippen LogP contribution in [-0.2, 0) is 13.0 Å². The van der Waals surface area contributed by atoms with Crippen molar-refractivity contribution in [3.8, 4) is 0 Å². The largest absolute Gasteiger partial charge is 0.385 e. The van der Waals surface area contributed by atoms with Crippen molar-refractivity contribution in [2.75, 3.05) is 18.4 Å². The molecule has 0 radical (unpaired) electrons. The van der Waals surface area contributed by atoms with E-state index in [0.29, 0.717) is 13.1 Å². The van der Waals surface area contributed by atoms with Gasteiger partial charge in [-0.15, -0.1) is 24.8 Å². The zero-order valence-corrected chi connectivity index (χ0v) is 16.8. The number of nitrogens with zero attached hydrogens (tertiary/aromatic N) is 2. The van der Waals surface area contributed by atoms with Gasteiger partial charge in [0.15, 0.2) is 0 Å². The van der Waals surface area contributed by atoms with Crippen molar-refractivity contribution in [1.82, 2.24) is 14.9 Å². The molecule has 0 unspecified atom stereocenters. The van der Waals surface area contributed by atoms with Crippen LogP contribution in [0.1, 0.15) is 28.2 Å². The van der Waals surface area contributed by atoms with Crippen molar-refractivity contribution in [3.05, 3.63) is 59.4 Å². The van der Waals surface area contributed by atoms with E-state index in [9.17, 15) is 4.79 Å². The third-order valence-electron chi connectivity index (χ3n) is 4.81. The zero-order valence-electron chi connectivity index (χ0n) is 15.2. The average Bonchev–Trinajstić information content (AvgIpc) is 2.96. The van der Waals surface area contributed by atoms with Gasteiger partial charge < -0.3 is 15.2 Å². The summed E-state index contributed by atoms with van der Waals surface area (Å²) in [7, 11) is 0. The van der Waals surface area contributed by atoms with Gasteiger partial charge in [0.25, 0.3) is 5.91 Å². The Labute approximate surface area is 171 Å². The van der Waals surface area contributed by atoms with Crippen molar-refractivity contribution in [1.29, 1.82) is 0 Å². The maximum atomic E-state index is 12.6. The highest BCUT2D eigenvalue weighted by Gasteiger charge is 2.17. The lowest BCUT2D eigenvalue weighted by Crippen LogP contribution is -2.29. The molecule has 1 amide bonds. The second-order valence-corrected chi connectivity index (χ2v) is 6.42. The number of fused-ring (bicyclic) bond motifs is 2. The summed E-state index contributed by atoms with van der Waals surface area (Å²) < 4.78 is 2.15. The van der Waals surface area contributed by atoms with Crippen LogP contribution >= 0.6 is 24.8 Å². The molecule has 0 spiro atoms. The number of hydrogen-bond donors (Lipinski definition) is 2. The van der Waals surface area contributed by atoms with Crippen molar-refractivity contribution in [2.24, 2.45) is 0 Å². The lowest BCUT2D eigenvalue weighted by atomic mass is 9.97. The molecule has 0 bridgehead atoms. The van der Waals surface area contributed by atoms with Gasteiger partial charge in [0, 0.05) is 30.9 Å². The number of imidazole rings is 1. The normalized spacial score (nSPS) is 12.3. The van der Waals surface area contributed by atoms with Gasteiger partial charge in [0.1, 0.15) is 5.82 Å². The van der Waals surface area contributed by atoms with Crippen molar-refractivity contribution >= 4 is 47.4 Å². The molecule has 2 heterocycles. The minimum atomic E-state index is 0. The molecule has 0 saturated carbocycles. The molecule has 3 aromatic rings. The number of halogens is 2. The van der Waals surface area contributed by atoms with Gasteiger partial charge >= 0.3 is 0 Å². The third kappa shape index (κ3) is 4.20. The fourth-order valence-electron chi connectivity index (χ4n) is 3.58. The number of carbonyl (C=O) groups excluding carboxylic acids is 1. The maximum Gasteiger partial charge on any atom is 0.251 e. The average molecular weight is 407 g/mol. The Balaban J connectivity index is 0.00000131. The van der Waals surface area contributed by atoms with Crippen LogP contribution in [0.2, 0.25) is 0 Å². The van der Waals surface area contributed by atoms with E-state index < -0.39 is 0 Å². The van der Waals surface area contributed by atoms with Crippen LogP contribution in [0.3, 0.4) is 0 Å². The van der Waals surface area contributed by atoms with Gasteiger partial charge in [-0.05, 0) is 49.6 Å². The minimum Gasteiger partial charge on any atom is -0.385 e. The van der Waals surface area contributed by atoms with Crippen LogP contribution in [0.4, 0.5) is 5.69 Å². The predicted octanol–water partition coefficient (Wildman–Crippen LogP) is 3.98. The molecule has 1 aromatic heterocycles. The summed E-state index contributed by atoms with van der Waals surface area (Å²) in [6, 6.07) is 14.0. The van der Waals surface area contributed by atoms with E-state index in [1.807, 2.05) is 43.3 Å². The van der Waals surface area contributed by atoms with E-state index in [0.717, 1.165) is 53.1 Å². The number of para-hydroxylation sites is 2. The SMILES string of the molecule is Cc1nc2ccccc2n1CCNC(=O)c1cccc2c1CCCN2.Cl.Cl. The van der Waals surface area contributed by atoms with Crippen molar-refractivity contribution in [2.45, 2.75) is 26.3 Å². The van der Waals surface area contributed by atoms with Gasteiger partial charge in [-0.1, -0.05) is 18.2 Å². The summed E-state index contributed by atoms with van der Waals surface area (Å²) in [5.41, 5.74) is 5.12. The lowest BCUT2D eigenvalue weighted by molar-refractivity contribution is 0.0951. The number of anilines is 1. The summed E-state index contributed by atoms with van der Waals surface area (Å²) in [5.74, 6) is 0.972. The summed E-state index contributed by atoms with van der Waals surface area (Å²) in [6.45, 7) is 4.27. The molecule has 0 saturated heterocycles. The van der Waals surface area contributed by atoms with Crippen LogP contribution in [0.15, 0.2) is 42.5 Å². The Kier molecular flexibility index (Phi) is 7.11. The van der Waals surface area contributed by atoms with Gasteiger partial charge in [-0.25, -0.2) is 4.98 Å². The minimum absolute atomic E-state index is 0. The van der Waals surface area contributed by atoms with E-state index >= 15 is 0 Å². The molecule has 5 nitrogen and oxygen atoms in total. The van der Waals surface area contributed by atoms with E-state index in [2.05, 4.69) is 26.3 Å². The van der Waals surface area contributed by atoms with E-state index in [4.69, 9.17) is 0 Å². The number of carbonyl (C=O) groups is 1. The van der Waals surface area contributed by atoms with Gasteiger partial charge in [-0.3, -0.25) is 4.79 Å². The molecule has 1 aliphatic rings. The number of nitrogens with one attached hydrogen (secondary N) is 2. The smallest absolute Gasteiger partial charge is 0.251 e. The number of rotatable bonds is 4. The van der Waals surface area contributed by atoms with Gasteiger partial charge in [0.2, 0.25) is 0 Å². The standard InChI is InChI=1S/C20H22N4O.2ClH/c1-14-23-18-8-2-3-10-19(18)24(14)13-12-22-20(25)16-6-4-9-17-15(16)7-5-11-21-17;;/h2-4,6,8-10,21H,5,7,11-13H2,1H3,(H,22,25);2*1H. The first kappa shape index (κ1) is 21.1. The van der Waals surface area contributed by atoms with Crippen LogP contribution in [-0.4, -0.2) is 28.5 Å². The van der Waals surface area contributed by atoms with E-state index in [1.165, 1.54) is 0 Å². The van der Waals surface area contributed by atoms with Gasteiger partial charge in [0.05, 0.1) is 11.0 Å². The number of benzene rings is 2. The number of aryl methyl sites for hydroxylation is 1. The van der Waals surface area contributed by atoms with Crippen LogP contribution < -0.4 is 10.6 Å². The summed E-state index contributed by atoms with van der Waals surface area (Å²) in [5, 5.41) is 6.44. The summed E-state index contributed by atoms with van der Waals surface area (Å²) in [4.78, 5) is 17.2. The molecule has 0 aliphatic carbocycles. The first-order valence-corrected chi connectivity index (χ1v) is 8.80. The highest BCUT2D eigenvalue weighted by atomic mass is 35.5. The summed E-state index contributed by atoms with van der Waals surface area (Å²) >= 11 is 0. The highest BCUT2D eigenvalue weighted by Crippen LogP contribution is 2.25. The molecule has 0 atom stereocenters. The predicted molar refractivity (Wildman–Crippen MR) is 115 cm³/mol. The Bertz CT molecular complexity index is 939. The Morgan fingerprint density at radius 3 is 2.85 bits per heavy atom. The molecule has 1 aliphatic heterocycles. The van der Waals surface area contributed by atoms with Crippen molar-refractivity contribution < 1.29 is 4.79 Å². The van der Waals surface area contributed by atoms with Crippen molar-refractivity contribution in [3.63, 3.8) is 0 Å². The highest BCUT2D eigenvalue weighted by molar-refractivity contribution is 5.97. The molecule has 144 valence electrons. The maximum absolute atomic E-state index is 12.6. The molecular weight excluding hydrogens is 383 g/mol. The van der Waals surface area contributed by atoms with Crippen LogP contribution in [0.5, 0.6) is 0 Å².